The maximum Gasteiger partial charge on any atom is 0.204 e. The molecule has 0 saturated carbocycles. The minimum Gasteiger partial charge on any atom is -0.261 e. The molecule has 0 saturated heterocycles. The number of terminal acetylenes is 6. The number of aryl methyl sites for hydroxylation is 2. The van der Waals surface area contributed by atoms with Crippen molar-refractivity contribution in [2.75, 3.05) is 0 Å². The average Bonchev–Trinajstić information content (AvgIpc) is 0.846. The van der Waals surface area contributed by atoms with Crippen LogP contribution in [-0.2, 0) is 48.7 Å². The molecule has 0 aliphatic rings. The first kappa shape index (κ1) is 93.2. The number of hydrogen-bond acceptors (Lipinski definition) is 13. The summed E-state index contributed by atoms with van der Waals surface area (Å²) in [4.78, 5) is 54.3. The van der Waals surface area contributed by atoms with Gasteiger partial charge in [0.2, 0.25) is 5.82 Å². The summed E-state index contributed by atoms with van der Waals surface area (Å²) < 4.78 is 0. The Bertz CT molecular complexity index is 4100. The highest BCUT2D eigenvalue weighted by Crippen LogP contribution is 2.27. The van der Waals surface area contributed by atoms with Gasteiger partial charge in [0.25, 0.3) is 0 Å². The van der Waals surface area contributed by atoms with E-state index in [4.69, 9.17) is 38.5 Å². The fourth-order valence-corrected chi connectivity index (χ4v) is 8.61. The second-order valence-corrected chi connectivity index (χ2v) is 34.0. The predicted octanol–water partition coefficient (Wildman–Crippen LogP) is 20.1. The van der Waals surface area contributed by atoms with Crippen LogP contribution in [0.1, 0.15) is 289 Å². The van der Waals surface area contributed by atoms with Crippen LogP contribution in [0.3, 0.4) is 0 Å². The highest BCUT2D eigenvalue weighted by molar-refractivity contribution is 5.41. The Hall–Kier alpha value is -10.8. The minimum atomic E-state index is -0.0349. The summed E-state index contributed by atoms with van der Waals surface area (Å²) in [6, 6.07) is 31.3. The fourth-order valence-electron chi connectivity index (χ4n) is 8.61. The third kappa shape index (κ3) is 35.6. The van der Waals surface area contributed by atoms with E-state index >= 15 is 0 Å². The van der Waals surface area contributed by atoms with E-state index in [9.17, 15) is 0 Å². The summed E-state index contributed by atoms with van der Waals surface area (Å²) in [6.07, 6.45) is 45.2. The molecule has 106 heavy (non-hydrogen) atoms. The van der Waals surface area contributed by atoms with Crippen molar-refractivity contribution in [2.45, 2.75) is 250 Å². The first-order valence-corrected chi connectivity index (χ1v) is 35.3. The third-order valence-corrected chi connectivity index (χ3v) is 14.8. The molecule has 13 heteroatoms. The molecule has 13 nitrogen and oxygen atoms in total. The molecule has 0 unspecified atom stereocenters. The van der Waals surface area contributed by atoms with Gasteiger partial charge in [-0.15, -0.1) is 38.5 Å². The number of rotatable bonds is 1. The summed E-state index contributed by atoms with van der Waals surface area (Å²) >= 11 is 0. The van der Waals surface area contributed by atoms with E-state index in [1.807, 2.05) is 85.9 Å². The first-order chi connectivity index (χ1) is 48.8. The number of aromatic nitrogens is 13. The molecule has 9 aromatic heterocycles. The van der Waals surface area contributed by atoms with Crippen LogP contribution >= 0.6 is 0 Å². The molecule has 556 valence electrons. The zero-order chi connectivity index (χ0) is 81.3. The lowest BCUT2D eigenvalue weighted by atomic mass is 9.86. The number of hydrogen-bond donors (Lipinski definition) is 0. The van der Waals surface area contributed by atoms with Gasteiger partial charge >= 0.3 is 0 Å². The predicted molar refractivity (Wildman–Crippen MR) is 445 cm³/mol. The lowest BCUT2D eigenvalue weighted by molar-refractivity contribution is 0.544. The summed E-state index contributed by atoms with van der Waals surface area (Å²) in [5.74, 6) is 17.2. The van der Waals surface area contributed by atoms with Gasteiger partial charge in [0, 0.05) is 92.4 Å². The lowest BCUT2D eigenvalue weighted by Gasteiger charge is -2.20. The van der Waals surface area contributed by atoms with Gasteiger partial charge in [-0.25, -0.2) is 54.8 Å². The molecule has 0 atom stereocenters. The van der Waals surface area contributed by atoms with Crippen LogP contribution in [0.15, 0.2) is 147 Å². The molecule has 0 spiro atoms. The highest BCUT2D eigenvalue weighted by Gasteiger charge is 2.22. The molecule has 0 radical (unpaired) electrons. The lowest BCUT2D eigenvalue weighted by Crippen LogP contribution is -2.16. The summed E-state index contributed by atoms with van der Waals surface area (Å²) in [5, 5.41) is 0. The van der Waals surface area contributed by atoms with Crippen molar-refractivity contribution in [3.05, 3.63) is 250 Å². The van der Waals surface area contributed by atoms with Crippen LogP contribution in [-0.4, -0.2) is 64.8 Å². The van der Waals surface area contributed by atoms with Crippen LogP contribution in [0.25, 0.3) is 6.08 Å². The molecular formula is C93H119N13. The standard InChI is InChI=1S/3C11H13N.2C10H12N2.C10H14N2.C10H12N2.2C10H15N/c1-5-10-8-9(6-7-12-10)11(2,3)4;1-5-10-9(11(2,3)4)7-6-8-12-10;1-5-9-7-6-8-10(12-9)11(2,3)4;1-5-8-6-9(10(2,3)4)12-7-11-8;1-5-9-11-7-6-8(12-9)10(2,3)4;2*1-5-8-6-7-11-9(12-8)10(2,3)4;1-8-9(10(2,3)4)6-5-7-11-8;1-8-6-5-7-9(11-8)10(2,3)4/h3*1,6-8H,2-4H3;2*1,6-7H,2-4H3;5-7H,1H2,2-4H3;1,6-7H,2-4H3;2*5-7H,1-4H3. The quantitative estimate of drug-likeness (QED) is 0.143. The smallest absolute Gasteiger partial charge is 0.204 e. The summed E-state index contributed by atoms with van der Waals surface area (Å²) in [5.41, 5.74) is 15.2. The molecule has 0 bridgehead atoms. The maximum atomic E-state index is 5.33. The van der Waals surface area contributed by atoms with Gasteiger partial charge in [0.1, 0.15) is 46.4 Å². The Balaban J connectivity index is 0.000000596. The topological polar surface area (TPSA) is 168 Å². The van der Waals surface area contributed by atoms with Gasteiger partial charge in [0.05, 0.1) is 17.1 Å². The van der Waals surface area contributed by atoms with Crippen molar-refractivity contribution in [2.24, 2.45) is 0 Å². The Morgan fingerprint density at radius 2 is 0.764 bits per heavy atom. The Morgan fingerprint density at radius 1 is 0.311 bits per heavy atom. The van der Waals surface area contributed by atoms with E-state index in [2.05, 4.69) is 319 Å². The van der Waals surface area contributed by atoms with Crippen LogP contribution in [0.2, 0.25) is 0 Å². The van der Waals surface area contributed by atoms with Crippen molar-refractivity contribution in [1.29, 1.82) is 0 Å². The van der Waals surface area contributed by atoms with Crippen LogP contribution in [0.5, 0.6) is 0 Å². The van der Waals surface area contributed by atoms with Gasteiger partial charge in [-0.05, 0) is 137 Å². The molecule has 0 aliphatic carbocycles. The molecule has 0 N–H and O–H groups in total. The molecular weight excluding hydrogens is 1300 g/mol. The zero-order valence-electron chi connectivity index (χ0n) is 69.3. The maximum absolute atomic E-state index is 5.33. The molecule has 0 aromatic carbocycles. The Morgan fingerprint density at radius 3 is 1.20 bits per heavy atom. The number of nitrogens with zero attached hydrogens (tertiary/aromatic N) is 13. The summed E-state index contributed by atoms with van der Waals surface area (Å²) in [7, 11) is 0. The molecule has 0 aliphatic heterocycles. The van der Waals surface area contributed by atoms with E-state index in [-0.39, 0.29) is 48.7 Å². The van der Waals surface area contributed by atoms with Crippen molar-refractivity contribution in [3.8, 4) is 74.1 Å². The second kappa shape index (κ2) is 41.6. The van der Waals surface area contributed by atoms with Gasteiger partial charge in [0.15, 0.2) is 0 Å². The van der Waals surface area contributed by atoms with Gasteiger partial charge in [-0.3, -0.25) is 9.97 Å². The van der Waals surface area contributed by atoms with Crippen LogP contribution < -0.4 is 0 Å². The van der Waals surface area contributed by atoms with E-state index in [0.29, 0.717) is 28.6 Å². The van der Waals surface area contributed by atoms with Crippen molar-refractivity contribution in [1.82, 2.24) is 64.8 Å². The Labute approximate surface area is 640 Å². The monoisotopic (exact) mass is 1420 g/mol. The minimum absolute atomic E-state index is 0.0129. The highest BCUT2D eigenvalue weighted by atomic mass is 14.9. The van der Waals surface area contributed by atoms with Gasteiger partial charge < -0.3 is 0 Å². The normalized spacial score (nSPS) is 11.0. The molecule has 9 aromatic rings. The van der Waals surface area contributed by atoms with Crippen molar-refractivity contribution >= 4 is 6.08 Å². The van der Waals surface area contributed by atoms with E-state index in [0.717, 1.165) is 62.8 Å². The van der Waals surface area contributed by atoms with E-state index < -0.39 is 0 Å². The van der Waals surface area contributed by atoms with Crippen molar-refractivity contribution < 1.29 is 0 Å². The third-order valence-electron chi connectivity index (χ3n) is 14.8. The fraction of sp³-hybridized carbons (Fsp3) is 0.409. The first-order valence-electron chi connectivity index (χ1n) is 35.3. The molecule has 9 heterocycles. The average molecular weight is 1420 g/mol. The molecule has 0 amide bonds. The van der Waals surface area contributed by atoms with Gasteiger partial charge in [-0.2, -0.15) is 0 Å². The second-order valence-electron chi connectivity index (χ2n) is 34.0. The molecule has 9 rings (SSSR count). The summed E-state index contributed by atoms with van der Waals surface area (Å²) in [6.45, 7) is 65.1. The zero-order valence-corrected chi connectivity index (χ0v) is 69.3. The van der Waals surface area contributed by atoms with Crippen LogP contribution in [0, 0.1) is 87.9 Å². The van der Waals surface area contributed by atoms with Crippen molar-refractivity contribution in [3.63, 3.8) is 0 Å². The Kier molecular flexibility index (Phi) is 36.6. The largest absolute Gasteiger partial charge is 0.261 e. The van der Waals surface area contributed by atoms with E-state index in [1.54, 1.807) is 43.1 Å². The molecule has 0 fully saturated rings. The van der Waals surface area contributed by atoms with Crippen LogP contribution in [0.4, 0.5) is 0 Å². The SMILES string of the molecule is C#Cc1cc(C(C)(C)C)ccn1.C#Cc1cc(C(C)(C)C)ncn1.C#Cc1cccc(C(C)(C)C)n1.C#Cc1ccnc(C(C)(C)C)n1.C#Cc1nccc(C(C)(C)C)n1.C#Cc1ncccc1C(C)(C)C.C=Cc1ccnc(C(C)(C)C)n1.Cc1cccc(C(C)(C)C)n1.Cc1ncccc1C(C)(C)C. The number of pyridine rings is 5. The van der Waals surface area contributed by atoms with E-state index in [1.165, 1.54) is 17.5 Å². The van der Waals surface area contributed by atoms with Gasteiger partial charge in [-0.1, -0.05) is 241 Å².